The lowest BCUT2D eigenvalue weighted by atomic mass is 10.0. The number of halogens is 1. The summed E-state index contributed by atoms with van der Waals surface area (Å²) in [7, 11) is 0. The third-order valence-electron chi connectivity index (χ3n) is 3.35. The van der Waals surface area contributed by atoms with Gasteiger partial charge in [0.15, 0.2) is 0 Å². The van der Waals surface area contributed by atoms with Crippen LogP contribution in [0.25, 0.3) is 0 Å². The molecule has 0 spiro atoms. The van der Waals surface area contributed by atoms with E-state index < -0.39 is 0 Å². The Kier molecular flexibility index (Phi) is 4.10. The van der Waals surface area contributed by atoms with Crippen molar-refractivity contribution in [2.75, 3.05) is 18.0 Å². The van der Waals surface area contributed by atoms with E-state index in [2.05, 4.69) is 52.9 Å². The molecule has 2 nitrogen and oxygen atoms in total. The Hall–Kier alpha value is -0.540. The molecule has 2 atom stereocenters. The molecule has 94 valence electrons. The van der Waals surface area contributed by atoms with E-state index in [1.54, 1.807) is 0 Å². The van der Waals surface area contributed by atoms with Crippen molar-refractivity contribution in [3.63, 3.8) is 0 Å². The first kappa shape index (κ1) is 12.9. The third-order valence-corrected chi connectivity index (χ3v) is 3.85. The first-order valence-corrected chi connectivity index (χ1v) is 7.14. The number of hydrogen-bond acceptors (Lipinski definition) is 2. The van der Waals surface area contributed by atoms with Gasteiger partial charge in [-0.25, -0.2) is 0 Å². The van der Waals surface area contributed by atoms with Crippen LogP contribution < -0.4 is 10.6 Å². The number of nitrogens with zero attached hydrogens (tertiary/aromatic N) is 1. The molecule has 1 saturated heterocycles. The minimum atomic E-state index is 0.218. The largest absolute Gasteiger partial charge is 0.371 e. The molecule has 2 rings (SSSR count). The Labute approximate surface area is 112 Å². The Morgan fingerprint density at radius 2 is 2.29 bits per heavy atom. The zero-order valence-electron chi connectivity index (χ0n) is 10.6. The smallest absolute Gasteiger partial charge is 0.0410 e. The van der Waals surface area contributed by atoms with E-state index in [-0.39, 0.29) is 6.04 Å². The highest BCUT2D eigenvalue weighted by atomic mass is 79.9. The van der Waals surface area contributed by atoms with Crippen molar-refractivity contribution in [1.29, 1.82) is 0 Å². The molecule has 2 N–H and O–H groups in total. The lowest BCUT2D eigenvalue weighted by Gasteiger charge is -2.23. The van der Waals surface area contributed by atoms with Crippen molar-refractivity contribution < 1.29 is 0 Å². The van der Waals surface area contributed by atoms with E-state index in [1.807, 2.05) is 0 Å². The lowest BCUT2D eigenvalue weighted by Crippen LogP contribution is -2.23. The van der Waals surface area contributed by atoms with Crippen LogP contribution in [0.3, 0.4) is 0 Å². The quantitative estimate of drug-likeness (QED) is 0.928. The molecule has 1 aliphatic rings. The number of benzene rings is 1. The lowest BCUT2D eigenvalue weighted by molar-refractivity contribution is 0.659. The summed E-state index contributed by atoms with van der Waals surface area (Å²) < 4.78 is 1.15. The number of rotatable bonds is 3. The van der Waals surface area contributed by atoms with Crippen LogP contribution >= 0.6 is 15.9 Å². The second-order valence-electron chi connectivity index (χ2n) is 5.29. The summed E-state index contributed by atoms with van der Waals surface area (Å²) in [5, 5.41) is 0. The SMILES string of the molecule is CC(N)Cc1ccc(Br)cc1N1CCC(C)C1. The zero-order chi connectivity index (χ0) is 12.4. The van der Waals surface area contributed by atoms with Gasteiger partial charge in [0.25, 0.3) is 0 Å². The van der Waals surface area contributed by atoms with Gasteiger partial charge in [0.2, 0.25) is 0 Å². The summed E-state index contributed by atoms with van der Waals surface area (Å²) in [5.41, 5.74) is 8.66. The van der Waals surface area contributed by atoms with Gasteiger partial charge < -0.3 is 10.6 Å². The average molecular weight is 297 g/mol. The van der Waals surface area contributed by atoms with Crippen LogP contribution in [-0.4, -0.2) is 19.1 Å². The number of hydrogen-bond donors (Lipinski definition) is 1. The molecule has 1 aromatic rings. The van der Waals surface area contributed by atoms with E-state index in [9.17, 15) is 0 Å². The highest BCUT2D eigenvalue weighted by molar-refractivity contribution is 9.10. The molecule has 1 heterocycles. The van der Waals surface area contributed by atoms with Gasteiger partial charge in [0, 0.05) is 29.3 Å². The summed E-state index contributed by atoms with van der Waals surface area (Å²) in [6.07, 6.45) is 2.25. The first-order valence-electron chi connectivity index (χ1n) is 6.35. The van der Waals surface area contributed by atoms with Gasteiger partial charge in [-0.05, 0) is 43.4 Å². The van der Waals surface area contributed by atoms with Crippen molar-refractivity contribution in [1.82, 2.24) is 0 Å². The fourth-order valence-electron chi connectivity index (χ4n) is 2.50. The van der Waals surface area contributed by atoms with Crippen LogP contribution in [0.5, 0.6) is 0 Å². The van der Waals surface area contributed by atoms with Crippen molar-refractivity contribution >= 4 is 21.6 Å². The van der Waals surface area contributed by atoms with Crippen LogP contribution in [0.1, 0.15) is 25.8 Å². The van der Waals surface area contributed by atoms with Crippen LogP contribution in [0.4, 0.5) is 5.69 Å². The van der Waals surface area contributed by atoms with Crippen LogP contribution in [-0.2, 0) is 6.42 Å². The second-order valence-corrected chi connectivity index (χ2v) is 6.21. The third kappa shape index (κ3) is 3.23. The minimum Gasteiger partial charge on any atom is -0.371 e. The van der Waals surface area contributed by atoms with E-state index in [0.717, 1.165) is 16.8 Å². The summed E-state index contributed by atoms with van der Waals surface area (Å²) in [4.78, 5) is 2.49. The van der Waals surface area contributed by atoms with Gasteiger partial charge in [-0.2, -0.15) is 0 Å². The summed E-state index contributed by atoms with van der Waals surface area (Å²) in [6.45, 7) is 6.73. The maximum Gasteiger partial charge on any atom is 0.0410 e. The summed E-state index contributed by atoms with van der Waals surface area (Å²) in [6, 6.07) is 6.76. The molecule has 0 radical (unpaired) electrons. The molecule has 2 unspecified atom stereocenters. The normalized spacial score (nSPS) is 21.9. The molecule has 1 fully saturated rings. The number of nitrogens with two attached hydrogens (primary N) is 1. The zero-order valence-corrected chi connectivity index (χ0v) is 12.2. The van der Waals surface area contributed by atoms with E-state index in [0.29, 0.717) is 0 Å². The Morgan fingerprint density at radius 3 is 2.88 bits per heavy atom. The maximum atomic E-state index is 5.93. The van der Waals surface area contributed by atoms with Gasteiger partial charge >= 0.3 is 0 Å². The molecule has 1 aromatic carbocycles. The summed E-state index contributed by atoms with van der Waals surface area (Å²) in [5.74, 6) is 0.803. The molecule has 0 aliphatic carbocycles. The number of anilines is 1. The van der Waals surface area contributed by atoms with Crippen LogP contribution in [0, 0.1) is 5.92 Å². The molecular formula is C14H21BrN2. The van der Waals surface area contributed by atoms with Gasteiger partial charge in [0.1, 0.15) is 0 Å². The van der Waals surface area contributed by atoms with E-state index in [1.165, 1.54) is 30.8 Å². The average Bonchev–Trinajstić information content (AvgIpc) is 2.67. The van der Waals surface area contributed by atoms with Crippen molar-refractivity contribution in [3.05, 3.63) is 28.2 Å². The Bertz CT molecular complexity index is 390. The first-order chi connectivity index (χ1) is 8.06. The van der Waals surface area contributed by atoms with E-state index >= 15 is 0 Å². The highest BCUT2D eigenvalue weighted by Gasteiger charge is 2.21. The van der Waals surface area contributed by atoms with Crippen molar-refractivity contribution in [2.24, 2.45) is 11.7 Å². The van der Waals surface area contributed by atoms with Crippen LogP contribution in [0.2, 0.25) is 0 Å². The topological polar surface area (TPSA) is 29.3 Å². The summed E-state index contributed by atoms with van der Waals surface area (Å²) >= 11 is 3.57. The van der Waals surface area contributed by atoms with Gasteiger partial charge in [-0.15, -0.1) is 0 Å². The van der Waals surface area contributed by atoms with Gasteiger partial charge in [-0.3, -0.25) is 0 Å². The predicted octanol–water partition coefficient (Wildman–Crippen LogP) is 3.19. The van der Waals surface area contributed by atoms with Crippen molar-refractivity contribution in [2.45, 2.75) is 32.7 Å². The Balaban J connectivity index is 2.26. The van der Waals surface area contributed by atoms with E-state index in [4.69, 9.17) is 5.73 Å². The molecule has 0 bridgehead atoms. The minimum absolute atomic E-state index is 0.218. The molecular weight excluding hydrogens is 276 g/mol. The van der Waals surface area contributed by atoms with Crippen LogP contribution in [0.15, 0.2) is 22.7 Å². The molecule has 0 amide bonds. The van der Waals surface area contributed by atoms with Gasteiger partial charge in [0.05, 0.1) is 0 Å². The maximum absolute atomic E-state index is 5.93. The van der Waals surface area contributed by atoms with Gasteiger partial charge in [-0.1, -0.05) is 28.9 Å². The standard InChI is InChI=1S/C14H21BrN2/c1-10-5-6-17(9-10)14-8-13(15)4-3-12(14)7-11(2)16/h3-4,8,10-11H,5-7,9,16H2,1-2H3. The predicted molar refractivity (Wildman–Crippen MR) is 77.5 cm³/mol. The molecule has 0 aromatic heterocycles. The van der Waals surface area contributed by atoms with Crippen molar-refractivity contribution in [3.8, 4) is 0 Å². The Morgan fingerprint density at radius 1 is 1.53 bits per heavy atom. The molecule has 17 heavy (non-hydrogen) atoms. The fourth-order valence-corrected chi connectivity index (χ4v) is 2.85. The molecule has 1 aliphatic heterocycles. The monoisotopic (exact) mass is 296 g/mol. The highest BCUT2D eigenvalue weighted by Crippen LogP contribution is 2.30. The molecule has 3 heteroatoms. The fraction of sp³-hybridized carbons (Fsp3) is 0.571. The second kappa shape index (κ2) is 5.40. The molecule has 0 saturated carbocycles.